The highest BCUT2D eigenvalue weighted by Gasteiger charge is 2.56. The number of hydrogen-bond donors (Lipinski definition) is 0. The molecule has 0 aromatic carbocycles. The maximum atomic E-state index is 11.6. The molecule has 0 spiro atoms. The van der Waals surface area contributed by atoms with Gasteiger partial charge in [0.25, 0.3) is 0 Å². The van der Waals surface area contributed by atoms with Crippen LogP contribution in [0.15, 0.2) is 11.6 Å². The molecule has 0 aromatic rings. The Morgan fingerprint density at radius 2 is 2.09 bits per heavy atom. The van der Waals surface area contributed by atoms with Gasteiger partial charge in [-0.25, -0.2) is 0 Å². The lowest BCUT2D eigenvalue weighted by Gasteiger charge is -2.54. The average Bonchev–Trinajstić information content (AvgIpc) is 2.49. The SMILES string of the molecule is CC(=O)O[C@@H]1C=C(C)[C@H](CBr)O[C@@]2(C)CC[C@H](Br)C(C)(C)[C@@H]12. The third-order valence-corrected chi connectivity index (χ3v) is 7.50. The summed E-state index contributed by atoms with van der Waals surface area (Å²) < 4.78 is 12.3. The molecule has 0 bridgehead atoms. The standard InChI is InChI=1S/C17H26Br2O3/c1-10-8-12(21-11(2)20)15-16(3,4)14(19)6-7-17(15,5)22-13(10)9-18/h8,12-15H,6-7,9H2,1-5H3/t12-,13+,14+,15-,17+/m1/s1. The van der Waals surface area contributed by atoms with Crippen LogP contribution in [-0.2, 0) is 14.3 Å². The zero-order valence-corrected chi connectivity index (χ0v) is 17.2. The van der Waals surface area contributed by atoms with Gasteiger partial charge >= 0.3 is 5.97 Å². The van der Waals surface area contributed by atoms with Gasteiger partial charge in [-0.3, -0.25) is 4.79 Å². The van der Waals surface area contributed by atoms with Crippen molar-refractivity contribution in [3.8, 4) is 0 Å². The maximum absolute atomic E-state index is 11.6. The molecule has 0 N–H and O–H groups in total. The first kappa shape index (κ1) is 18.5. The van der Waals surface area contributed by atoms with E-state index < -0.39 is 0 Å². The van der Waals surface area contributed by atoms with Gasteiger partial charge in [0.05, 0.1) is 11.7 Å². The highest BCUT2D eigenvalue weighted by atomic mass is 79.9. The van der Waals surface area contributed by atoms with Gasteiger partial charge in [-0.1, -0.05) is 45.7 Å². The summed E-state index contributed by atoms with van der Waals surface area (Å²) in [7, 11) is 0. The van der Waals surface area contributed by atoms with Gasteiger partial charge < -0.3 is 9.47 Å². The predicted molar refractivity (Wildman–Crippen MR) is 95.6 cm³/mol. The van der Waals surface area contributed by atoms with Crippen LogP contribution in [0.1, 0.15) is 47.5 Å². The molecule has 3 nitrogen and oxygen atoms in total. The van der Waals surface area contributed by atoms with Crippen LogP contribution in [-0.4, -0.2) is 33.9 Å². The first-order valence-corrected chi connectivity index (χ1v) is 9.89. The van der Waals surface area contributed by atoms with Crippen LogP contribution in [0.4, 0.5) is 0 Å². The van der Waals surface area contributed by atoms with Gasteiger partial charge in [0, 0.05) is 23.0 Å². The molecular weight excluding hydrogens is 412 g/mol. The number of alkyl halides is 2. The van der Waals surface area contributed by atoms with Gasteiger partial charge in [-0.05, 0) is 43.8 Å². The Morgan fingerprint density at radius 3 is 2.64 bits per heavy atom. The lowest BCUT2D eigenvalue weighted by Crippen LogP contribution is -2.58. The van der Waals surface area contributed by atoms with Crippen LogP contribution in [0.3, 0.4) is 0 Å². The Balaban J connectivity index is 2.51. The highest BCUT2D eigenvalue weighted by Crippen LogP contribution is 2.54. The lowest BCUT2D eigenvalue weighted by molar-refractivity contribution is -0.181. The van der Waals surface area contributed by atoms with Crippen LogP contribution in [0, 0.1) is 11.3 Å². The molecule has 2 rings (SSSR count). The Labute approximate surface area is 150 Å². The van der Waals surface area contributed by atoms with E-state index >= 15 is 0 Å². The summed E-state index contributed by atoms with van der Waals surface area (Å²) in [5.41, 5.74) is 0.784. The smallest absolute Gasteiger partial charge is 0.303 e. The molecule has 0 radical (unpaired) electrons. The van der Waals surface area contributed by atoms with E-state index in [-0.39, 0.29) is 35.1 Å². The molecule has 0 unspecified atom stereocenters. The van der Waals surface area contributed by atoms with E-state index in [1.165, 1.54) is 6.92 Å². The van der Waals surface area contributed by atoms with E-state index in [9.17, 15) is 4.79 Å². The second kappa shape index (κ2) is 6.56. The molecule has 1 fully saturated rings. The van der Waals surface area contributed by atoms with E-state index in [1.54, 1.807) is 0 Å². The maximum Gasteiger partial charge on any atom is 0.303 e. The molecule has 0 saturated heterocycles. The van der Waals surface area contributed by atoms with Crippen molar-refractivity contribution in [2.24, 2.45) is 11.3 Å². The molecule has 0 aromatic heterocycles. The summed E-state index contributed by atoms with van der Waals surface area (Å²) in [4.78, 5) is 12.0. The molecule has 0 amide bonds. The summed E-state index contributed by atoms with van der Waals surface area (Å²) in [5.74, 6) is -0.123. The van der Waals surface area contributed by atoms with E-state index in [1.807, 2.05) is 0 Å². The number of carbonyl (C=O) groups is 1. The minimum atomic E-state index is -0.305. The number of ether oxygens (including phenoxy) is 2. The van der Waals surface area contributed by atoms with Gasteiger partial charge in [-0.15, -0.1) is 0 Å². The molecule has 1 heterocycles. The summed E-state index contributed by atoms with van der Waals surface area (Å²) in [5, 5.41) is 0.753. The summed E-state index contributed by atoms with van der Waals surface area (Å²) >= 11 is 7.39. The molecule has 2 aliphatic rings. The Hall–Kier alpha value is 0.130. The van der Waals surface area contributed by atoms with E-state index in [0.717, 1.165) is 23.7 Å². The third kappa shape index (κ3) is 3.32. The van der Waals surface area contributed by atoms with Gasteiger partial charge in [0.15, 0.2) is 0 Å². The lowest BCUT2D eigenvalue weighted by atomic mass is 9.59. The van der Waals surface area contributed by atoms with Crippen molar-refractivity contribution in [3.05, 3.63) is 11.6 Å². The monoisotopic (exact) mass is 436 g/mol. The third-order valence-electron chi connectivity index (χ3n) is 5.28. The molecule has 5 heteroatoms. The van der Waals surface area contributed by atoms with E-state index in [4.69, 9.17) is 9.47 Å². The van der Waals surface area contributed by atoms with Crippen molar-refractivity contribution in [1.82, 2.24) is 0 Å². The summed E-state index contributed by atoms with van der Waals surface area (Å²) in [6, 6.07) is 0. The molecule has 1 aliphatic heterocycles. The van der Waals surface area contributed by atoms with Crippen LogP contribution >= 0.6 is 31.9 Å². The second-order valence-corrected chi connectivity index (χ2v) is 9.12. The summed E-state index contributed by atoms with van der Waals surface area (Å²) in [6.45, 7) is 10.2. The largest absolute Gasteiger partial charge is 0.458 e. The first-order valence-electron chi connectivity index (χ1n) is 7.85. The highest BCUT2D eigenvalue weighted by molar-refractivity contribution is 9.09. The van der Waals surface area contributed by atoms with Crippen molar-refractivity contribution in [2.45, 2.75) is 70.1 Å². The molecule has 5 atom stereocenters. The summed E-state index contributed by atoms with van der Waals surface area (Å²) in [6.07, 6.45) is 3.88. The second-order valence-electron chi connectivity index (χ2n) is 7.36. The quantitative estimate of drug-likeness (QED) is 0.359. The fraction of sp³-hybridized carbons (Fsp3) is 0.824. The number of carbonyl (C=O) groups excluding carboxylic acids is 1. The topological polar surface area (TPSA) is 35.5 Å². The van der Waals surface area contributed by atoms with E-state index in [2.05, 4.69) is 65.6 Å². The fourth-order valence-corrected chi connectivity index (χ4v) is 5.31. The Morgan fingerprint density at radius 1 is 1.45 bits per heavy atom. The Kier molecular flexibility index (Phi) is 5.51. The van der Waals surface area contributed by atoms with Crippen molar-refractivity contribution in [2.75, 3.05) is 5.33 Å². The molecule has 126 valence electrons. The average molecular weight is 438 g/mol. The van der Waals surface area contributed by atoms with Gasteiger partial charge in [0.1, 0.15) is 6.10 Å². The zero-order chi connectivity index (χ0) is 16.7. The number of esters is 1. The first-order chi connectivity index (χ1) is 10.1. The zero-order valence-electron chi connectivity index (χ0n) is 14.0. The normalized spacial score (nSPS) is 41.1. The number of rotatable bonds is 2. The van der Waals surface area contributed by atoms with Crippen molar-refractivity contribution < 1.29 is 14.3 Å². The predicted octanol–water partition coefficient (Wildman–Crippen LogP) is 4.62. The van der Waals surface area contributed by atoms with Gasteiger partial charge in [0.2, 0.25) is 0 Å². The van der Waals surface area contributed by atoms with Crippen LogP contribution in [0.5, 0.6) is 0 Å². The van der Waals surface area contributed by atoms with Crippen LogP contribution in [0.2, 0.25) is 0 Å². The van der Waals surface area contributed by atoms with Crippen molar-refractivity contribution in [1.29, 1.82) is 0 Å². The molecule has 1 saturated carbocycles. The van der Waals surface area contributed by atoms with Crippen LogP contribution in [0.25, 0.3) is 0 Å². The number of halogens is 2. The minimum absolute atomic E-state index is 0.0238. The molecule has 1 aliphatic carbocycles. The number of hydrogen-bond acceptors (Lipinski definition) is 3. The fourth-order valence-electron chi connectivity index (χ4n) is 4.15. The van der Waals surface area contributed by atoms with Crippen molar-refractivity contribution in [3.63, 3.8) is 0 Å². The van der Waals surface area contributed by atoms with Crippen LogP contribution < -0.4 is 0 Å². The molecular formula is C17H26Br2O3. The van der Waals surface area contributed by atoms with Crippen molar-refractivity contribution >= 4 is 37.8 Å². The minimum Gasteiger partial charge on any atom is -0.458 e. The van der Waals surface area contributed by atoms with E-state index in [0.29, 0.717) is 4.83 Å². The Bertz CT molecular complexity index is 475. The number of fused-ring (bicyclic) bond motifs is 1. The van der Waals surface area contributed by atoms with Gasteiger partial charge in [-0.2, -0.15) is 0 Å². The molecule has 22 heavy (non-hydrogen) atoms.